The van der Waals surface area contributed by atoms with E-state index in [0.717, 1.165) is 11.3 Å². The number of carbonyl (C=O) groups excluding carboxylic acids is 2. The molecule has 174 valence electrons. The monoisotopic (exact) mass is 442 g/mol. The largest absolute Gasteiger partial charge is 0.497 e. The molecule has 2 aromatic rings. The van der Waals surface area contributed by atoms with Gasteiger partial charge in [0.25, 0.3) is 5.91 Å². The quantitative estimate of drug-likeness (QED) is 0.555. The summed E-state index contributed by atoms with van der Waals surface area (Å²) in [5.74, 6) is 1.16. The molecule has 7 nitrogen and oxygen atoms in total. The molecular weight excluding hydrogens is 408 g/mol. The Hall–Kier alpha value is -3.22. The molecule has 0 spiro atoms. The summed E-state index contributed by atoms with van der Waals surface area (Å²) in [5.41, 5.74) is 1.46. The van der Waals surface area contributed by atoms with E-state index in [4.69, 9.17) is 14.2 Å². The summed E-state index contributed by atoms with van der Waals surface area (Å²) in [6.45, 7) is 8.22. The lowest BCUT2D eigenvalue weighted by atomic mass is 10.0. The van der Waals surface area contributed by atoms with Crippen LogP contribution >= 0.6 is 0 Å². The zero-order valence-electron chi connectivity index (χ0n) is 19.7. The molecule has 0 radical (unpaired) electrons. The molecule has 0 bridgehead atoms. The number of amides is 2. The molecule has 0 fully saturated rings. The molecule has 0 heterocycles. The Kier molecular flexibility index (Phi) is 9.38. The van der Waals surface area contributed by atoms with Crippen molar-refractivity contribution < 1.29 is 23.8 Å². The molecule has 2 rings (SSSR count). The first kappa shape index (κ1) is 25.0. The summed E-state index contributed by atoms with van der Waals surface area (Å²) < 4.78 is 16.1. The molecule has 2 amide bonds. The predicted molar refractivity (Wildman–Crippen MR) is 125 cm³/mol. The number of methoxy groups -OCH3 is 2. The number of benzene rings is 2. The predicted octanol–water partition coefficient (Wildman–Crippen LogP) is 3.60. The van der Waals surface area contributed by atoms with Gasteiger partial charge in [-0.15, -0.1) is 0 Å². The van der Waals surface area contributed by atoms with Gasteiger partial charge in [0, 0.05) is 18.2 Å². The van der Waals surface area contributed by atoms with Crippen molar-refractivity contribution in [1.29, 1.82) is 0 Å². The summed E-state index contributed by atoms with van der Waals surface area (Å²) in [4.78, 5) is 25.6. The van der Waals surface area contributed by atoms with Crippen LogP contribution in [0.5, 0.6) is 17.2 Å². The Bertz CT molecular complexity index is 871. The van der Waals surface area contributed by atoms with Gasteiger partial charge < -0.3 is 24.8 Å². The molecule has 32 heavy (non-hydrogen) atoms. The van der Waals surface area contributed by atoms with Crippen molar-refractivity contribution >= 4 is 11.8 Å². The third kappa shape index (κ3) is 7.48. The van der Waals surface area contributed by atoms with Crippen LogP contribution < -0.4 is 24.8 Å². The van der Waals surface area contributed by atoms with Gasteiger partial charge >= 0.3 is 0 Å². The minimum Gasteiger partial charge on any atom is -0.497 e. The van der Waals surface area contributed by atoms with Crippen molar-refractivity contribution in [2.24, 2.45) is 5.92 Å². The lowest BCUT2D eigenvalue weighted by Crippen LogP contribution is -2.50. The number of carbonyl (C=O) groups is 2. The van der Waals surface area contributed by atoms with Crippen molar-refractivity contribution in [1.82, 2.24) is 10.6 Å². The van der Waals surface area contributed by atoms with E-state index in [1.165, 1.54) is 14.2 Å². The normalized spacial score (nSPS) is 11.8. The van der Waals surface area contributed by atoms with Gasteiger partial charge in [-0.05, 0) is 56.0 Å². The molecule has 1 unspecified atom stereocenters. The Labute approximate surface area is 190 Å². The molecule has 1 atom stereocenters. The maximum absolute atomic E-state index is 12.8. The number of hydrogen-bond donors (Lipinski definition) is 2. The zero-order valence-corrected chi connectivity index (χ0v) is 19.7. The third-order valence-electron chi connectivity index (χ3n) is 4.86. The van der Waals surface area contributed by atoms with Crippen LogP contribution in [-0.4, -0.2) is 44.7 Å². The zero-order chi connectivity index (χ0) is 23.7. The second-order valence-electron chi connectivity index (χ2n) is 8.15. The van der Waals surface area contributed by atoms with Crippen LogP contribution in [0.2, 0.25) is 0 Å². The Morgan fingerprint density at radius 3 is 1.97 bits per heavy atom. The molecule has 7 heteroatoms. The van der Waals surface area contributed by atoms with Crippen molar-refractivity contribution in [3.63, 3.8) is 0 Å². The number of hydrogen-bond acceptors (Lipinski definition) is 5. The number of ether oxygens (including phenoxy) is 3. The topological polar surface area (TPSA) is 85.9 Å². The molecule has 0 aliphatic carbocycles. The van der Waals surface area contributed by atoms with E-state index < -0.39 is 6.04 Å². The van der Waals surface area contributed by atoms with Crippen molar-refractivity contribution in [3.8, 4) is 17.2 Å². The highest BCUT2D eigenvalue weighted by molar-refractivity contribution is 5.98. The van der Waals surface area contributed by atoms with Gasteiger partial charge in [-0.25, -0.2) is 0 Å². The Morgan fingerprint density at radius 2 is 1.47 bits per heavy atom. The first-order valence-electron chi connectivity index (χ1n) is 10.8. The van der Waals surface area contributed by atoms with Gasteiger partial charge in [-0.1, -0.05) is 26.0 Å². The molecule has 2 N–H and O–H groups in total. The number of rotatable bonds is 11. The average Bonchev–Trinajstić information content (AvgIpc) is 2.77. The van der Waals surface area contributed by atoms with Gasteiger partial charge in [0.05, 0.1) is 20.3 Å². The molecule has 0 aromatic heterocycles. The fraction of sp³-hybridized carbons (Fsp3) is 0.440. The highest BCUT2D eigenvalue weighted by Crippen LogP contribution is 2.22. The minimum atomic E-state index is -0.665. The van der Waals surface area contributed by atoms with E-state index in [1.54, 1.807) is 18.2 Å². The van der Waals surface area contributed by atoms with Crippen molar-refractivity contribution in [2.75, 3.05) is 20.8 Å². The lowest BCUT2D eigenvalue weighted by Gasteiger charge is -2.22. The summed E-state index contributed by atoms with van der Waals surface area (Å²) in [6.07, 6.45) is 0.806. The van der Waals surface area contributed by atoms with Crippen LogP contribution in [0.3, 0.4) is 0 Å². The van der Waals surface area contributed by atoms with Gasteiger partial charge in [0.15, 0.2) is 0 Å². The maximum atomic E-state index is 12.8. The van der Waals surface area contributed by atoms with Crippen molar-refractivity contribution in [2.45, 2.75) is 46.3 Å². The Morgan fingerprint density at radius 1 is 0.875 bits per heavy atom. The van der Waals surface area contributed by atoms with E-state index in [1.807, 2.05) is 52.0 Å². The van der Waals surface area contributed by atoms with Crippen LogP contribution in [-0.2, 0) is 11.2 Å². The smallest absolute Gasteiger partial charge is 0.252 e. The summed E-state index contributed by atoms with van der Waals surface area (Å²) in [5, 5.41) is 5.76. The van der Waals surface area contributed by atoms with Gasteiger partial charge in [-0.2, -0.15) is 0 Å². The van der Waals surface area contributed by atoms with E-state index >= 15 is 0 Å². The first-order chi connectivity index (χ1) is 15.2. The van der Waals surface area contributed by atoms with Gasteiger partial charge in [0.2, 0.25) is 5.91 Å². The maximum Gasteiger partial charge on any atom is 0.252 e. The van der Waals surface area contributed by atoms with Crippen LogP contribution in [0.4, 0.5) is 0 Å². The van der Waals surface area contributed by atoms with E-state index in [9.17, 15) is 9.59 Å². The van der Waals surface area contributed by atoms with Crippen molar-refractivity contribution in [3.05, 3.63) is 53.6 Å². The molecular formula is C25H34N2O5. The SMILES string of the molecule is COc1cc(OC)cc(C(=O)NC(C(=O)NCCc2ccc(OC(C)C)cc2)C(C)C)c1. The molecule has 0 aliphatic heterocycles. The summed E-state index contributed by atoms with van der Waals surface area (Å²) in [6, 6.07) is 12.1. The lowest BCUT2D eigenvalue weighted by molar-refractivity contribution is -0.123. The molecule has 0 aliphatic rings. The standard InChI is InChI=1S/C25H34N2O5/c1-16(2)23(27-24(28)19-13-21(30-5)15-22(14-19)31-6)25(29)26-12-11-18-7-9-20(10-8-18)32-17(3)4/h7-10,13-17,23H,11-12H2,1-6H3,(H,26,29)(H,27,28). The second-order valence-corrected chi connectivity index (χ2v) is 8.15. The van der Waals surface area contributed by atoms with E-state index in [0.29, 0.717) is 30.0 Å². The van der Waals surface area contributed by atoms with Crippen LogP contribution in [0.1, 0.15) is 43.6 Å². The summed E-state index contributed by atoms with van der Waals surface area (Å²) in [7, 11) is 3.04. The van der Waals surface area contributed by atoms with Crippen LogP contribution in [0.15, 0.2) is 42.5 Å². The molecule has 2 aromatic carbocycles. The average molecular weight is 443 g/mol. The third-order valence-corrected chi connectivity index (χ3v) is 4.86. The van der Waals surface area contributed by atoms with Crippen LogP contribution in [0, 0.1) is 5.92 Å². The molecule has 0 saturated heterocycles. The summed E-state index contributed by atoms with van der Waals surface area (Å²) >= 11 is 0. The van der Waals surface area contributed by atoms with E-state index in [2.05, 4.69) is 10.6 Å². The van der Waals surface area contributed by atoms with E-state index in [-0.39, 0.29) is 23.8 Å². The Balaban J connectivity index is 1.95. The molecule has 0 saturated carbocycles. The van der Waals surface area contributed by atoms with Crippen LogP contribution in [0.25, 0.3) is 0 Å². The number of nitrogens with one attached hydrogen (secondary N) is 2. The van der Waals surface area contributed by atoms with Gasteiger partial charge in [-0.3, -0.25) is 9.59 Å². The fourth-order valence-corrected chi connectivity index (χ4v) is 3.14. The van der Waals surface area contributed by atoms with Gasteiger partial charge in [0.1, 0.15) is 23.3 Å². The highest BCUT2D eigenvalue weighted by Gasteiger charge is 2.25. The first-order valence-corrected chi connectivity index (χ1v) is 10.8. The highest BCUT2D eigenvalue weighted by atomic mass is 16.5. The minimum absolute atomic E-state index is 0.0843. The second kappa shape index (κ2) is 12.0. The fourth-order valence-electron chi connectivity index (χ4n) is 3.14.